The number of rotatable bonds is 3. The van der Waals surface area contributed by atoms with Gasteiger partial charge in [0, 0.05) is 5.70 Å². The van der Waals surface area contributed by atoms with Gasteiger partial charge < -0.3 is 15.4 Å². The molecule has 0 fully saturated rings. The predicted molar refractivity (Wildman–Crippen MR) is 96.1 cm³/mol. The molecule has 0 saturated carbocycles. The average Bonchev–Trinajstić information content (AvgIpc) is 2.45. The van der Waals surface area contributed by atoms with Crippen molar-refractivity contribution in [1.29, 1.82) is 0 Å². The van der Waals surface area contributed by atoms with Crippen molar-refractivity contribution in [3.05, 3.63) is 46.7 Å². The Morgan fingerprint density at radius 2 is 1.87 bits per heavy atom. The second-order valence-electron chi connectivity index (χ2n) is 6.66. The maximum Gasteiger partial charge on any atom is 0.338 e. The number of allylic oxidation sites excluding steroid dienone is 1. The molecule has 0 saturated heterocycles. The van der Waals surface area contributed by atoms with Crippen molar-refractivity contribution < 1.29 is 9.53 Å². The van der Waals surface area contributed by atoms with Crippen molar-refractivity contribution in [1.82, 2.24) is 10.6 Å². The van der Waals surface area contributed by atoms with Crippen molar-refractivity contribution in [3.63, 3.8) is 0 Å². The Morgan fingerprint density at radius 3 is 2.39 bits per heavy atom. The molecule has 1 aromatic carbocycles. The van der Waals surface area contributed by atoms with Crippen LogP contribution in [-0.2, 0) is 14.9 Å². The van der Waals surface area contributed by atoms with E-state index in [0.29, 0.717) is 17.3 Å². The zero-order valence-corrected chi connectivity index (χ0v) is 15.1. The lowest BCUT2D eigenvalue weighted by Crippen LogP contribution is -2.45. The molecule has 1 aliphatic rings. The van der Waals surface area contributed by atoms with E-state index in [1.165, 1.54) is 5.56 Å². The standard InChI is InChI=1S/C18H24N2O2S/c1-6-22-16(21)14-11(2)19-17(23)20-15(14)12-7-9-13(10-8-12)18(3,4)5/h7-10,15H,6H2,1-5H3,(H2,19,20,23). The van der Waals surface area contributed by atoms with Gasteiger partial charge in [0.2, 0.25) is 0 Å². The average molecular weight is 332 g/mol. The summed E-state index contributed by atoms with van der Waals surface area (Å²) in [5.41, 5.74) is 3.63. The summed E-state index contributed by atoms with van der Waals surface area (Å²) < 4.78 is 5.20. The monoisotopic (exact) mass is 332 g/mol. The van der Waals surface area contributed by atoms with Crippen LogP contribution in [0.4, 0.5) is 0 Å². The first kappa shape index (κ1) is 17.5. The lowest BCUT2D eigenvalue weighted by Gasteiger charge is -2.30. The molecule has 2 N–H and O–H groups in total. The minimum atomic E-state index is -0.322. The number of esters is 1. The first-order valence-corrected chi connectivity index (χ1v) is 8.20. The first-order valence-electron chi connectivity index (χ1n) is 7.80. The van der Waals surface area contributed by atoms with Gasteiger partial charge in [0.25, 0.3) is 0 Å². The second-order valence-corrected chi connectivity index (χ2v) is 7.07. The van der Waals surface area contributed by atoms with Gasteiger partial charge in [-0.2, -0.15) is 0 Å². The lowest BCUT2D eigenvalue weighted by atomic mass is 9.85. The molecule has 1 aliphatic heterocycles. The van der Waals surface area contributed by atoms with Gasteiger partial charge in [-0.1, -0.05) is 45.0 Å². The highest BCUT2D eigenvalue weighted by molar-refractivity contribution is 7.80. The van der Waals surface area contributed by atoms with Gasteiger partial charge in [0.15, 0.2) is 5.11 Å². The Kier molecular flexibility index (Phi) is 5.09. The van der Waals surface area contributed by atoms with Gasteiger partial charge in [-0.05, 0) is 42.6 Å². The summed E-state index contributed by atoms with van der Waals surface area (Å²) in [7, 11) is 0. The third-order valence-corrected chi connectivity index (χ3v) is 4.09. The van der Waals surface area contributed by atoms with Gasteiger partial charge in [-0.15, -0.1) is 0 Å². The molecule has 0 aliphatic carbocycles. The van der Waals surface area contributed by atoms with E-state index in [1.54, 1.807) is 6.92 Å². The summed E-state index contributed by atoms with van der Waals surface area (Å²) in [6.45, 7) is 10.5. The van der Waals surface area contributed by atoms with Gasteiger partial charge in [-0.25, -0.2) is 4.79 Å². The Bertz CT molecular complexity index is 642. The number of ether oxygens (including phenoxy) is 1. The van der Waals surface area contributed by atoms with Crippen molar-refractivity contribution in [2.45, 2.75) is 46.1 Å². The van der Waals surface area contributed by atoms with Crippen molar-refractivity contribution in [2.24, 2.45) is 0 Å². The highest BCUT2D eigenvalue weighted by Crippen LogP contribution is 2.30. The summed E-state index contributed by atoms with van der Waals surface area (Å²) in [4.78, 5) is 12.3. The largest absolute Gasteiger partial charge is 0.463 e. The molecule has 0 bridgehead atoms. The van der Waals surface area contributed by atoms with Crippen LogP contribution in [-0.4, -0.2) is 17.7 Å². The molecule has 23 heavy (non-hydrogen) atoms. The number of hydrogen-bond donors (Lipinski definition) is 2. The topological polar surface area (TPSA) is 50.4 Å². The number of nitrogens with one attached hydrogen (secondary N) is 2. The molecule has 0 spiro atoms. The third kappa shape index (κ3) is 3.91. The van der Waals surface area contributed by atoms with Crippen LogP contribution in [0.3, 0.4) is 0 Å². The van der Waals surface area contributed by atoms with Crippen LogP contribution >= 0.6 is 12.2 Å². The van der Waals surface area contributed by atoms with Crippen LogP contribution in [0, 0.1) is 0 Å². The van der Waals surface area contributed by atoms with E-state index in [1.807, 2.05) is 19.1 Å². The summed E-state index contributed by atoms with van der Waals surface area (Å²) in [6.07, 6.45) is 0. The van der Waals surface area contributed by atoms with Crippen molar-refractivity contribution in [2.75, 3.05) is 6.61 Å². The van der Waals surface area contributed by atoms with E-state index in [4.69, 9.17) is 17.0 Å². The van der Waals surface area contributed by atoms with Gasteiger partial charge >= 0.3 is 5.97 Å². The minimum absolute atomic E-state index is 0.0884. The molecule has 4 nitrogen and oxygen atoms in total. The SMILES string of the molecule is CCOC(=O)C1=C(C)NC(=S)NC1c1ccc(C(C)(C)C)cc1. The first-order chi connectivity index (χ1) is 10.7. The number of carbonyl (C=O) groups excluding carboxylic acids is 1. The Balaban J connectivity index is 2.40. The molecule has 1 unspecified atom stereocenters. The summed E-state index contributed by atoms with van der Waals surface area (Å²) in [6, 6.07) is 7.98. The fourth-order valence-electron chi connectivity index (χ4n) is 2.60. The molecule has 0 aromatic heterocycles. The van der Waals surface area contributed by atoms with Crippen LogP contribution in [0.2, 0.25) is 0 Å². The molecule has 5 heteroatoms. The van der Waals surface area contributed by atoms with Crippen LogP contribution in [0.15, 0.2) is 35.5 Å². The summed E-state index contributed by atoms with van der Waals surface area (Å²) >= 11 is 5.24. The van der Waals surface area contributed by atoms with Gasteiger partial charge in [0.05, 0.1) is 18.2 Å². The van der Waals surface area contributed by atoms with Gasteiger partial charge in [-0.3, -0.25) is 0 Å². The summed E-state index contributed by atoms with van der Waals surface area (Å²) in [5, 5.41) is 6.69. The molecule has 2 rings (SSSR count). The van der Waals surface area contributed by atoms with Gasteiger partial charge in [0.1, 0.15) is 0 Å². The molecule has 1 aromatic rings. The van der Waals surface area contributed by atoms with E-state index >= 15 is 0 Å². The smallest absolute Gasteiger partial charge is 0.338 e. The molecular weight excluding hydrogens is 308 g/mol. The fraction of sp³-hybridized carbons (Fsp3) is 0.444. The number of benzene rings is 1. The molecular formula is C18H24N2O2S. The number of thiocarbonyl (C=S) groups is 1. The number of hydrogen-bond acceptors (Lipinski definition) is 3. The second kappa shape index (κ2) is 6.71. The Morgan fingerprint density at radius 1 is 1.26 bits per heavy atom. The summed E-state index contributed by atoms with van der Waals surface area (Å²) in [5.74, 6) is -0.322. The normalized spacial score (nSPS) is 18.3. The zero-order valence-electron chi connectivity index (χ0n) is 14.3. The fourth-order valence-corrected chi connectivity index (χ4v) is 2.87. The predicted octanol–water partition coefficient (Wildman–Crippen LogP) is 3.34. The molecule has 124 valence electrons. The van der Waals surface area contributed by atoms with Crippen molar-refractivity contribution in [3.8, 4) is 0 Å². The maximum atomic E-state index is 12.3. The molecule has 1 heterocycles. The van der Waals surface area contributed by atoms with Crippen LogP contribution in [0.1, 0.15) is 51.8 Å². The Labute approximate surface area is 143 Å². The van der Waals surface area contributed by atoms with E-state index in [0.717, 1.165) is 11.3 Å². The van der Waals surface area contributed by atoms with E-state index < -0.39 is 0 Å². The highest BCUT2D eigenvalue weighted by atomic mass is 32.1. The van der Waals surface area contributed by atoms with Crippen LogP contribution in [0.5, 0.6) is 0 Å². The highest BCUT2D eigenvalue weighted by Gasteiger charge is 2.30. The third-order valence-electron chi connectivity index (χ3n) is 3.87. The molecule has 0 amide bonds. The maximum absolute atomic E-state index is 12.3. The van der Waals surface area contributed by atoms with Crippen LogP contribution in [0.25, 0.3) is 0 Å². The van der Waals surface area contributed by atoms with Crippen LogP contribution < -0.4 is 10.6 Å². The minimum Gasteiger partial charge on any atom is -0.463 e. The van der Waals surface area contributed by atoms with Crippen molar-refractivity contribution >= 4 is 23.3 Å². The Hall–Kier alpha value is -1.88. The quantitative estimate of drug-likeness (QED) is 0.657. The van der Waals surface area contributed by atoms with E-state index in [9.17, 15) is 4.79 Å². The van der Waals surface area contributed by atoms with E-state index in [2.05, 4.69) is 43.5 Å². The van der Waals surface area contributed by atoms with E-state index in [-0.39, 0.29) is 17.4 Å². The molecule has 0 radical (unpaired) electrons. The lowest BCUT2D eigenvalue weighted by molar-refractivity contribution is -0.139. The zero-order chi connectivity index (χ0) is 17.2. The number of carbonyl (C=O) groups is 1. The molecule has 1 atom stereocenters.